The summed E-state index contributed by atoms with van der Waals surface area (Å²) >= 11 is 0. The number of aromatic nitrogens is 4. The largest absolute Gasteiger partial charge is 0.419 e. The van der Waals surface area contributed by atoms with Crippen molar-refractivity contribution in [1.29, 1.82) is 0 Å². The number of aryl methyl sites for hydroxylation is 1. The monoisotopic (exact) mass is 336 g/mol. The number of nitrogens with zero attached hydrogens (tertiary/aromatic N) is 6. The van der Waals surface area contributed by atoms with Crippen molar-refractivity contribution in [2.75, 3.05) is 31.1 Å². The summed E-state index contributed by atoms with van der Waals surface area (Å²) in [4.78, 5) is 13.1. The smallest absolute Gasteiger partial charge is 0.248 e. The zero-order chi connectivity index (χ0) is 17.1. The van der Waals surface area contributed by atoms with E-state index in [9.17, 15) is 0 Å². The van der Waals surface area contributed by atoms with Gasteiger partial charge in [-0.15, -0.1) is 10.2 Å². The standard InChI is InChI=1S/C18H20N6O/c1-14-5-2-3-6-15(14)17-22-21-16(25-17)13-23-9-11-24(12-10-23)18-19-7-4-8-20-18/h2-8H,9-13H2,1H3. The van der Waals surface area contributed by atoms with E-state index in [4.69, 9.17) is 4.42 Å². The van der Waals surface area contributed by atoms with Crippen LogP contribution in [0.2, 0.25) is 0 Å². The summed E-state index contributed by atoms with van der Waals surface area (Å²) in [5.74, 6) is 2.04. The second kappa shape index (κ2) is 6.98. The van der Waals surface area contributed by atoms with E-state index in [1.54, 1.807) is 12.4 Å². The molecule has 1 aromatic carbocycles. The first-order valence-corrected chi connectivity index (χ1v) is 8.42. The van der Waals surface area contributed by atoms with Crippen LogP contribution in [0.4, 0.5) is 5.95 Å². The van der Waals surface area contributed by atoms with Crippen molar-refractivity contribution in [3.8, 4) is 11.5 Å². The Morgan fingerprint density at radius 2 is 1.72 bits per heavy atom. The van der Waals surface area contributed by atoms with Gasteiger partial charge in [0.15, 0.2) is 0 Å². The summed E-state index contributed by atoms with van der Waals surface area (Å²) in [6.07, 6.45) is 3.56. The van der Waals surface area contributed by atoms with Crippen LogP contribution in [0, 0.1) is 6.92 Å². The Kier molecular flexibility index (Phi) is 4.39. The fourth-order valence-electron chi connectivity index (χ4n) is 2.99. The lowest BCUT2D eigenvalue weighted by molar-refractivity contribution is 0.226. The van der Waals surface area contributed by atoms with Crippen LogP contribution in [-0.2, 0) is 6.54 Å². The minimum absolute atomic E-state index is 0.587. The van der Waals surface area contributed by atoms with Crippen LogP contribution in [0.5, 0.6) is 0 Å². The Hall–Kier alpha value is -2.80. The van der Waals surface area contributed by atoms with E-state index >= 15 is 0 Å². The number of rotatable bonds is 4. The van der Waals surface area contributed by atoms with Crippen LogP contribution in [0.3, 0.4) is 0 Å². The Morgan fingerprint density at radius 1 is 0.960 bits per heavy atom. The van der Waals surface area contributed by atoms with Crippen molar-refractivity contribution in [2.45, 2.75) is 13.5 Å². The molecule has 0 amide bonds. The summed E-state index contributed by atoms with van der Waals surface area (Å²) in [6.45, 7) is 6.33. The van der Waals surface area contributed by atoms with Gasteiger partial charge in [-0.25, -0.2) is 9.97 Å². The van der Waals surface area contributed by atoms with Gasteiger partial charge in [0.25, 0.3) is 0 Å². The highest BCUT2D eigenvalue weighted by molar-refractivity contribution is 5.57. The van der Waals surface area contributed by atoms with Crippen molar-refractivity contribution in [1.82, 2.24) is 25.1 Å². The summed E-state index contributed by atoms with van der Waals surface area (Å²) in [7, 11) is 0. The third-order valence-corrected chi connectivity index (χ3v) is 4.41. The van der Waals surface area contributed by atoms with Gasteiger partial charge in [-0.3, -0.25) is 4.90 Å². The molecule has 0 radical (unpaired) electrons. The van der Waals surface area contributed by atoms with Gasteiger partial charge in [-0.05, 0) is 24.6 Å². The van der Waals surface area contributed by atoms with Crippen molar-refractivity contribution >= 4 is 5.95 Å². The van der Waals surface area contributed by atoms with Crippen LogP contribution in [-0.4, -0.2) is 51.2 Å². The first-order chi connectivity index (χ1) is 12.3. The minimum Gasteiger partial charge on any atom is -0.419 e. The molecule has 0 N–H and O–H groups in total. The Balaban J connectivity index is 1.37. The van der Waals surface area contributed by atoms with E-state index < -0.39 is 0 Å². The lowest BCUT2D eigenvalue weighted by atomic mass is 10.1. The molecule has 0 aliphatic carbocycles. The van der Waals surface area contributed by atoms with E-state index in [0.717, 1.165) is 43.3 Å². The van der Waals surface area contributed by atoms with Gasteiger partial charge < -0.3 is 9.32 Å². The summed E-state index contributed by atoms with van der Waals surface area (Å²) in [5.41, 5.74) is 2.13. The number of hydrogen-bond acceptors (Lipinski definition) is 7. The molecule has 3 heterocycles. The Labute approximate surface area is 146 Å². The summed E-state index contributed by atoms with van der Waals surface area (Å²) < 4.78 is 5.86. The first-order valence-electron chi connectivity index (χ1n) is 8.42. The molecular formula is C18H20N6O. The van der Waals surface area contributed by atoms with Gasteiger partial charge in [0, 0.05) is 44.1 Å². The molecule has 3 aromatic rings. The molecule has 0 saturated carbocycles. The third-order valence-electron chi connectivity index (χ3n) is 4.41. The van der Waals surface area contributed by atoms with Gasteiger partial charge in [0.05, 0.1) is 6.54 Å². The zero-order valence-electron chi connectivity index (χ0n) is 14.2. The van der Waals surface area contributed by atoms with Crippen LogP contribution in [0.25, 0.3) is 11.5 Å². The summed E-state index contributed by atoms with van der Waals surface area (Å²) in [6, 6.07) is 9.87. The molecule has 0 spiro atoms. The second-order valence-electron chi connectivity index (χ2n) is 6.13. The maximum atomic E-state index is 5.86. The Morgan fingerprint density at radius 3 is 2.48 bits per heavy atom. The number of anilines is 1. The molecule has 1 fully saturated rings. The number of hydrogen-bond donors (Lipinski definition) is 0. The van der Waals surface area contributed by atoms with Crippen molar-refractivity contribution < 1.29 is 4.42 Å². The number of piperazine rings is 1. The lowest BCUT2D eigenvalue weighted by Gasteiger charge is -2.33. The van der Waals surface area contributed by atoms with E-state index in [-0.39, 0.29) is 0 Å². The Bertz CT molecular complexity index is 826. The molecular weight excluding hydrogens is 316 g/mol. The normalized spacial score (nSPS) is 15.5. The molecule has 1 aliphatic rings. The highest BCUT2D eigenvalue weighted by atomic mass is 16.4. The van der Waals surface area contributed by atoms with E-state index in [2.05, 4.69) is 30.0 Å². The van der Waals surface area contributed by atoms with Gasteiger partial charge in [0.2, 0.25) is 17.7 Å². The van der Waals surface area contributed by atoms with Gasteiger partial charge >= 0.3 is 0 Å². The van der Waals surface area contributed by atoms with E-state index in [0.29, 0.717) is 18.3 Å². The zero-order valence-corrected chi connectivity index (χ0v) is 14.2. The third kappa shape index (κ3) is 3.51. The van der Waals surface area contributed by atoms with E-state index in [1.165, 1.54) is 0 Å². The molecule has 2 aromatic heterocycles. The second-order valence-corrected chi connectivity index (χ2v) is 6.13. The predicted molar refractivity (Wildman–Crippen MR) is 94.0 cm³/mol. The fourth-order valence-corrected chi connectivity index (χ4v) is 2.99. The summed E-state index contributed by atoms with van der Waals surface area (Å²) in [5, 5.41) is 8.41. The van der Waals surface area contributed by atoms with Gasteiger partial charge in [-0.2, -0.15) is 0 Å². The molecule has 128 valence electrons. The molecule has 7 nitrogen and oxygen atoms in total. The van der Waals surface area contributed by atoms with Crippen LogP contribution in [0.1, 0.15) is 11.5 Å². The van der Waals surface area contributed by atoms with Crippen molar-refractivity contribution in [2.24, 2.45) is 0 Å². The first kappa shape index (κ1) is 15.7. The molecule has 0 atom stereocenters. The average Bonchev–Trinajstić information content (AvgIpc) is 3.12. The number of benzene rings is 1. The molecule has 0 bridgehead atoms. The molecule has 1 aliphatic heterocycles. The quantitative estimate of drug-likeness (QED) is 0.723. The van der Waals surface area contributed by atoms with Gasteiger partial charge in [0.1, 0.15) is 0 Å². The predicted octanol–water partition coefficient (Wildman–Crippen LogP) is 2.16. The maximum Gasteiger partial charge on any atom is 0.248 e. The highest BCUT2D eigenvalue weighted by Gasteiger charge is 2.21. The van der Waals surface area contributed by atoms with Crippen LogP contribution in [0.15, 0.2) is 47.1 Å². The van der Waals surface area contributed by atoms with Crippen LogP contribution < -0.4 is 4.90 Å². The maximum absolute atomic E-state index is 5.86. The van der Waals surface area contributed by atoms with E-state index in [1.807, 2.05) is 37.3 Å². The fraction of sp³-hybridized carbons (Fsp3) is 0.333. The molecule has 25 heavy (non-hydrogen) atoms. The molecule has 7 heteroatoms. The SMILES string of the molecule is Cc1ccccc1-c1nnc(CN2CCN(c3ncccn3)CC2)o1. The van der Waals surface area contributed by atoms with Gasteiger partial charge in [-0.1, -0.05) is 18.2 Å². The van der Waals surface area contributed by atoms with Crippen molar-refractivity contribution in [3.05, 3.63) is 54.2 Å². The molecule has 1 saturated heterocycles. The topological polar surface area (TPSA) is 71.2 Å². The lowest BCUT2D eigenvalue weighted by Crippen LogP contribution is -2.46. The average molecular weight is 336 g/mol. The molecule has 0 unspecified atom stereocenters. The molecule has 4 rings (SSSR count). The minimum atomic E-state index is 0.587. The van der Waals surface area contributed by atoms with Crippen molar-refractivity contribution in [3.63, 3.8) is 0 Å². The van der Waals surface area contributed by atoms with Crippen LogP contribution >= 0.6 is 0 Å². The highest BCUT2D eigenvalue weighted by Crippen LogP contribution is 2.22.